The molecule has 1 heterocycles. The van der Waals surface area contributed by atoms with Crippen LogP contribution in [0, 0.1) is 6.92 Å². The highest BCUT2D eigenvalue weighted by Gasteiger charge is 2.27. The van der Waals surface area contributed by atoms with E-state index in [0.717, 1.165) is 5.56 Å². The molecule has 0 radical (unpaired) electrons. The largest absolute Gasteiger partial charge is 0.344 e. The van der Waals surface area contributed by atoms with E-state index in [0.29, 0.717) is 24.2 Å². The minimum atomic E-state index is -0.480. The van der Waals surface area contributed by atoms with E-state index in [2.05, 4.69) is 16.0 Å². The predicted molar refractivity (Wildman–Crippen MR) is 75.3 cm³/mol. The van der Waals surface area contributed by atoms with E-state index < -0.39 is 6.04 Å². The van der Waals surface area contributed by atoms with Gasteiger partial charge in [0.15, 0.2) is 0 Å². The Balaban J connectivity index is 2.11. The van der Waals surface area contributed by atoms with Crippen molar-refractivity contribution >= 4 is 29.1 Å². The highest BCUT2D eigenvalue weighted by molar-refractivity contribution is 6.00. The quantitative estimate of drug-likeness (QED) is 0.774. The van der Waals surface area contributed by atoms with Gasteiger partial charge >= 0.3 is 0 Å². The number of hydrogen-bond donors (Lipinski definition) is 3. The van der Waals surface area contributed by atoms with E-state index in [1.807, 2.05) is 6.92 Å². The molecule has 6 heteroatoms. The number of nitrogens with one attached hydrogen (secondary N) is 3. The first-order chi connectivity index (χ1) is 9.47. The van der Waals surface area contributed by atoms with E-state index in [9.17, 15) is 14.4 Å². The minimum Gasteiger partial charge on any atom is -0.344 e. The zero-order valence-electron chi connectivity index (χ0n) is 11.4. The Morgan fingerprint density at radius 2 is 1.90 bits per heavy atom. The third-order valence-corrected chi connectivity index (χ3v) is 3.21. The summed E-state index contributed by atoms with van der Waals surface area (Å²) in [6.07, 6.45) is 0.887. The summed E-state index contributed by atoms with van der Waals surface area (Å²) in [5.74, 6) is -0.507. The van der Waals surface area contributed by atoms with Gasteiger partial charge in [0.1, 0.15) is 6.04 Å². The molecule has 1 unspecified atom stereocenters. The number of benzene rings is 1. The fourth-order valence-corrected chi connectivity index (χ4v) is 2.13. The first-order valence-corrected chi connectivity index (χ1v) is 6.45. The summed E-state index contributed by atoms with van der Waals surface area (Å²) in [6, 6.07) is 4.80. The maximum absolute atomic E-state index is 12.0. The van der Waals surface area contributed by atoms with Crippen LogP contribution in [-0.4, -0.2) is 23.8 Å². The Kier molecular flexibility index (Phi) is 4.02. The third kappa shape index (κ3) is 3.14. The van der Waals surface area contributed by atoms with Crippen LogP contribution in [0.1, 0.15) is 25.3 Å². The zero-order chi connectivity index (χ0) is 14.7. The van der Waals surface area contributed by atoms with Gasteiger partial charge in [0.05, 0.1) is 0 Å². The summed E-state index contributed by atoms with van der Waals surface area (Å²) < 4.78 is 0. The van der Waals surface area contributed by atoms with Gasteiger partial charge in [-0.1, -0.05) is 6.07 Å². The molecule has 0 bridgehead atoms. The van der Waals surface area contributed by atoms with Crippen LogP contribution in [0.15, 0.2) is 18.2 Å². The lowest BCUT2D eigenvalue weighted by Gasteiger charge is -2.15. The molecule has 0 saturated carbocycles. The predicted octanol–water partition coefficient (Wildman–Crippen LogP) is 1.17. The van der Waals surface area contributed by atoms with E-state index >= 15 is 0 Å². The van der Waals surface area contributed by atoms with Crippen molar-refractivity contribution in [2.24, 2.45) is 0 Å². The standard InChI is InChI=1S/C14H17N3O3/c1-8-10(15-9(2)18)4-3-5-11(8)17-14(20)12-6-7-13(19)16-12/h3-5,12H,6-7H2,1-2H3,(H,15,18)(H,16,19)(H,17,20). The summed E-state index contributed by atoms with van der Waals surface area (Å²) >= 11 is 0. The minimum absolute atomic E-state index is 0.103. The molecule has 0 aliphatic carbocycles. The van der Waals surface area contributed by atoms with Crippen molar-refractivity contribution in [3.63, 3.8) is 0 Å². The number of carbonyl (C=O) groups is 3. The molecule has 0 aromatic heterocycles. The Morgan fingerprint density at radius 1 is 1.25 bits per heavy atom. The van der Waals surface area contributed by atoms with E-state index in [1.165, 1.54) is 6.92 Å². The van der Waals surface area contributed by atoms with Crippen LogP contribution in [0.4, 0.5) is 11.4 Å². The summed E-state index contributed by atoms with van der Waals surface area (Å²) in [5, 5.41) is 8.10. The molecule has 3 N–H and O–H groups in total. The molecule has 1 atom stereocenters. The average molecular weight is 275 g/mol. The maximum atomic E-state index is 12.0. The SMILES string of the molecule is CC(=O)Nc1cccc(NC(=O)C2CCC(=O)N2)c1C. The molecule has 1 aliphatic rings. The zero-order valence-corrected chi connectivity index (χ0v) is 11.4. The molecule has 20 heavy (non-hydrogen) atoms. The summed E-state index contributed by atoms with van der Waals surface area (Å²) in [7, 11) is 0. The molecule has 106 valence electrons. The first-order valence-electron chi connectivity index (χ1n) is 6.45. The maximum Gasteiger partial charge on any atom is 0.246 e. The van der Waals surface area contributed by atoms with Gasteiger partial charge in [-0.05, 0) is 31.0 Å². The van der Waals surface area contributed by atoms with Crippen molar-refractivity contribution in [2.45, 2.75) is 32.7 Å². The molecule has 1 saturated heterocycles. The number of rotatable bonds is 3. The number of anilines is 2. The first kappa shape index (κ1) is 14.0. The molecule has 1 aromatic rings. The van der Waals surface area contributed by atoms with E-state index in [-0.39, 0.29) is 17.7 Å². The van der Waals surface area contributed by atoms with Gasteiger partial charge in [-0.3, -0.25) is 14.4 Å². The Labute approximate surface area is 116 Å². The lowest BCUT2D eigenvalue weighted by molar-refractivity contribution is -0.122. The van der Waals surface area contributed by atoms with Gasteiger partial charge in [-0.2, -0.15) is 0 Å². The molecular weight excluding hydrogens is 258 g/mol. The molecule has 3 amide bonds. The Morgan fingerprint density at radius 3 is 2.45 bits per heavy atom. The van der Waals surface area contributed by atoms with Crippen LogP contribution in [-0.2, 0) is 14.4 Å². The normalized spacial score (nSPS) is 17.5. The topological polar surface area (TPSA) is 87.3 Å². The van der Waals surface area contributed by atoms with Crippen molar-refractivity contribution in [2.75, 3.05) is 10.6 Å². The van der Waals surface area contributed by atoms with Gasteiger partial charge in [0.25, 0.3) is 0 Å². The van der Waals surface area contributed by atoms with Gasteiger partial charge < -0.3 is 16.0 Å². The second-order valence-corrected chi connectivity index (χ2v) is 4.81. The van der Waals surface area contributed by atoms with Crippen LogP contribution >= 0.6 is 0 Å². The molecule has 1 aromatic carbocycles. The van der Waals surface area contributed by atoms with Crippen LogP contribution in [0.2, 0.25) is 0 Å². The third-order valence-electron chi connectivity index (χ3n) is 3.21. The van der Waals surface area contributed by atoms with Crippen molar-refractivity contribution in [1.29, 1.82) is 0 Å². The number of carbonyl (C=O) groups excluding carboxylic acids is 3. The summed E-state index contributed by atoms with van der Waals surface area (Å²) in [5.41, 5.74) is 2.06. The Hall–Kier alpha value is -2.37. The highest BCUT2D eigenvalue weighted by atomic mass is 16.2. The molecule has 6 nitrogen and oxygen atoms in total. The number of hydrogen-bond acceptors (Lipinski definition) is 3. The summed E-state index contributed by atoms with van der Waals surface area (Å²) in [4.78, 5) is 34.2. The molecule has 2 rings (SSSR count). The van der Waals surface area contributed by atoms with Crippen molar-refractivity contribution < 1.29 is 14.4 Å². The van der Waals surface area contributed by atoms with E-state index in [4.69, 9.17) is 0 Å². The fraction of sp³-hybridized carbons (Fsp3) is 0.357. The molecule has 0 spiro atoms. The molecule has 1 fully saturated rings. The van der Waals surface area contributed by atoms with Gasteiger partial charge in [0.2, 0.25) is 17.7 Å². The van der Waals surface area contributed by atoms with Crippen LogP contribution in [0.25, 0.3) is 0 Å². The summed E-state index contributed by atoms with van der Waals surface area (Å²) in [6.45, 7) is 3.24. The van der Waals surface area contributed by atoms with Crippen LogP contribution in [0.3, 0.4) is 0 Å². The van der Waals surface area contributed by atoms with Gasteiger partial charge in [-0.25, -0.2) is 0 Å². The van der Waals surface area contributed by atoms with Crippen molar-refractivity contribution in [3.05, 3.63) is 23.8 Å². The number of amides is 3. The van der Waals surface area contributed by atoms with Gasteiger partial charge in [0, 0.05) is 24.7 Å². The van der Waals surface area contributed by atoms with Crippen LogP contribution in [0.5, 0.6) is 0 Å². The average Bonchev–Trinajstić information content (AvgIpc) is 2.80. The van der Waals surface area contributed by atoms with E-state index in [1.54, 1.807) is 18.2 Å². The second kappa shape index (κ2) is 5.73. The Bertz CT molecular complexity index is 569. The molecule has 1 aliphatic heterocycles. The van der Waals surface area contributed by atoms with Crippen LogP contribution < -0.4 is 16.0 Å². The van der Waals surface area contributed by atoms with Crippen molar-refractivity contribution in [3.8, 4) is 0 Å². The fourth-order valence-electron chi connectivity index (χ4n) is 2.13. The molecular formula is C14H17N3O3. The monoisotopic (exact) mass is 275 g/mol. The highest BCUT2D eigenvalue weighted by Crippen LogP contribution is 2.24. The van der Waals surface area contributed by atoms with Gasteiger partial charge in [-0.15, -0.1) is 0 Å². The second-order valence-electron chi connectivity index (χ2n) is 4.81. The lowest BCUT2D eigenvalue weighted by atomic mass is 10.1. The van der Waals surface area contributed by atoms with Crippen molar-refractivity contribution in [1.82, 2.24) is 5.32 Å². The lowest BCUT2D eigenvalue weighted by Crippen LogP contribution is -2.37. The smallest absolute Gasteiger partial charge is 0.246 e.